The number of nitrogens with zero attached hydrogens (tertiary/aromatic N) is 2. The number of amides is 2. The maximum Gasteiger partial charge on any atom is 0.243 e. The predicted octanol–water partition coefficient (Wildman–Crippen LogP) is 0.864. The molecular weight excluding hydrogens is 368 g/mol. The van der Waals surface area contributed by atoms with Gasteiger partial charge in [-0.25, -0.2) is 8.42 Å². The third kappa shape index (κ3) is 6.30. The third-order valence-electron chi connectivity index (χ3n) is 4.31. The van der Waals surface area contributed by atoms with E-state index < -0.39 is 10.0 Å². The van der Waals surface area contributed by atoms with Gasteiger partial charge in [-0.2, -0.15) is 4.31 Å². The Labute approximate surface area is 161 Å². The number of rotatable bonds is 9. The number of carbonyl (C=O) groups excluding carboxylic acids is 2. The highest BCUT2D eigenvalue weighted by atomic mass is 32.2. The largest absolute Gasteiger partial charge is 0.352 e. The minimum Gasteiger partial charge on any atom is -0.352 e. The van der Waals surface area contributed by atoms with Crippen LogP contribution in [0.1, 0.15) is 26.7 Å². The summed E-state index contributed by atoms with van der Waals surface area (Å²) in [6.07, 6.45) is 2.04. The fourth-order valence-corrected chi connectivity index (χ4v) is 3.77. The van der Waals surface area contributed by atoms with Gasteiger partial charge in [0.15, 0.2) is 0 Å². The number of sulfonamides is 1. The molecular formula is C18H28N4O4S. The highest BCUT2D eigenvalue weighted by Crippen LogP contribution is 2.19. The van der Waals surface area contributed by atoms with Crippen LogP contribution in [0.3, 0.4) is 0 Å². The first kappa shape index (κ1) is 21.3. The van der Waals surface area contributed by atoms with E-state index in [1.807, 2.05) is 0 Å². The highest BCUT2D eigenvalue weighted by Gasteiger charge is 2.24. The van der Waals surface area contributed by atoms with E-state index in [1.165, 1.54) is 23.5 Å². The molecule has 0 aliphatic heterocycles. The van der Waals surface area contributed by atoms with Crippen molar-refractivity contribution in [1.82, 2.24) is 14.5 Å². The van der Waals surface area contributed by atoms with Gasteiger partial charge in [-0.3, -0.25) is 14.5 Å². The Bertz CT molecular complexity index is 773. The van der Waals surface area contributed by atoms with E-state index in [-0.39, 0.29) is 35.8 Å². The van der Waals surface area contributed by atoms with Gasteiger partial charge in [0.1, 0.15) is 0 Å². The standard InChI is InChI=1S/C18H28N4O4S/c1-13(2)22(4)27(25,26)16-9-7-15(8-10-16)20-18(24)12-21(3)11-17(23)19-14-5-6-14/h7-10,13-14H,5-6,11-12H2,1-4H3,(H,19,23)(H,20,24). The zero-order chi connectivity index (χ0) is 20.2. The zero-order valence-corrected chi connectivity index (χ0v) is 17.0. The number of anilines is 1. The molecule has 1 aromatic rings. The van der Waals surface area contributed by atoms with Crippen molar-refractivity contribution in [3.8, 4) is 0 Å². The predicted molar refractivity (Wildman–Crippen MR) is 104 cm³/mol. The summed E-state index contributed by atoms with van der Waals surface area (Å²) in [5, 5.41) is 5.58. The van der Waals surface area contributed by atoms with Gasteiger partial charge in [0.25, 0.3) is 0 Å². The summed E-state index contributed by atoms with van der Waals surface area (Å²) in [4.78, 5) is 25.6. The molecule has 0 heterocycles. The summed E-state index contributed by atoms with van der Waals surface area (Å²) in [6.45, 7) is 3.82. The van der Waals surface area contributed by atoms with Crippen LogP contribution in [-0.2, 0) is 19.6 Å². The summed E-state index contributed by atoms with van der Waals surface area (Å²) in [7, 11) is -0.322. The lowest BCUT2D eigenvalue weighted by Crippen LogP contribution is -2.39. The lowest BCUT2D eigenvalue weighted by Gasteiger charge is -2.21. The molecule has 2 rings (SSSR count). The number of carbonyl (C=O) groups is 2. The van der Waals surface area contributed by atoms with Crippen LogP contribution in [0.2, 0.25) is 0 Å². The first-order chi connectivity index (χ1) is 12.6. The molecule has 0 radical (unpaired) electrons. The molecule has 0 saturated heterocycles. The van der Waals surface area contributed by atoms with Crippen molar-refractivity contribution in [1.29, 1.82) is 0 Å². The van der Waals surface area contributed by atoms with Gasteiger partial charge in [-0.15, -0.1) is 0 Å². The Morgan fingerprint density at radius 2 is 1.63 bits per heavy atom. The molecule has 27 heavy (non-hydrogen) atoms. The van der Waals surface area contributed by atoms with Gasteiger partial charge in [-0.05, 0) is 58.0 Å². The second-order valence-corrected chi connectivity index (χ2v) is 9.20. The van der Waals surface area contributed by atoms with Crippen LogP contribution in [0.4, 0.5) is 5.69 Å². The second-order valence-electron chi connectivity index (χ2n) is 7.20. The van der Waals surface area contributed by atoms with Crippen molar-refractivity contribution < 1.29 is 18.0 Å². The highest BCUT2D eigenvalue weighted by molar-refractivity contribution is 7.89. The van der Waals surface area contributed by atoms with Gasteiger partial charge < -0.3 is 10.6 Å². The molecule has 1 aromatic carbocycles. The molecule has 0 unspecified atom stereocenters. The van der Waals surface area contributed by atoms with E-state index >= 15 is 0 Å². The van der Waals surface area contributed by atoms with Crippen LogP contribution >= 0.6 is 0 Å². The van der Waals surface area contributed by atoms with E-state index in [4.69, 9.17) is 0 Å². The second kappa shape index (κ2) is 8.81. The van der Waals surface area contributed by atoms with E-state index in [1.54, 1.807) is 37.9 Å². The van der Waals surface area contributed by atoms with E-state index in [0.717, 1.165) is 12.8 Å². The van der Waals surface area contributed by atoms with Gasteiger partial charge >= 0.3 is 0 Å². The molecule has 2 amide bonds. The first-order valence-electron chi connectivity index (χ1n) is 8.95. The van der Waals surface area contributed by atoms with Crippen LogP contribution in [0.25, 0.3) is 0 Å². The fraction of sp³-hybridized carbons (Fsp3) is 0.556. The number of benzene rings is 1. The van der Waals surface area contributed by atoms with Gasteiger partial charge in [0.2, 0.25) is 21.8 Å². The lowest BCUT2D eigenvalue weighted by molar-refractivity contribution is -0.123. The fourth-order valence-electron chi connectivity index (χ4n) is 2.40. The lowest BCUT2D eigenvalue weighted by atomic mass is 10.3. The van der Waals surface area contributed by atoms with Crippen molar-refractivity contribution in [2.24, 2.45) is 0 Å². The maximum atomic E-state index is 12.4. The van der Waals surface area contributed by atoms with Crippen molar-refractivity contribution in [2.45, 2.75) is 43.7 Å². The Balaban J connectivity index is 1.87. The SMILES string of the molecule is CC(C)N(C)S(=O)(=O)c1ccc(NC(=O)CN(C)CC(=O)NC2CC2)cc1. The van der Waals surface area contributed by atoms with Crippen LogP contribution in [0.5, 0.6) is 0 Å². The molecule has 9 heteroatoms. The first-order valence-corrected chi connectivity index (χ1v) is 10.4. The Morgan fingerprint density at radius 1 is 1.07 bits per heavy atom. The smallest absolute Gasteiger partial charge is 0.243 e. The minimum absolute atomic E-state index is 0.0637. The molecule has 1 saturated carbocycles. The summed E-state index contributed by atoms with van der Waals surface area (Å²) in [5.74, 6) is -0.358. The minimum atomic E-state index is -3.55. The number of hydrogen-bond acceptors (Lipinski definition) is 5. The number of hydrogen-bond donors (Lipinski definition) is 2. The molecule has 0 atom stereocenters. The molecule has 8 nitrogen and oxygen atoms in total. The quantitative estimate of drug-likeness (QED) is 0.645. The molecule has 2 N–H and O–H groups in total. The molecule has 0 aromatic heterocycles. The molecule has 0 spiro atoms. The number of nitrogens with one attached hydrogen (secondary N) is 2. The van der Waals surface area contributed by atoms with Crippen LogP contribution in [-0.4, -0.2) is 68.7 Å². The maximum absolute atomic E-state index is 12.4. The van der Waals surface area contributed by atoms with Crippen molar-refractivity contribution in [3.05, 3.63) is 24.3 Å². The van der Waals surface area contributed by atoms with E-state index in [9.17, 15) is 18.0 Å². The molecule has 1 aliphatic carbocycles. The summed E-state index contributed by atoms with van der Waals surface area (Å²) >= 11 is 0. The van der Waals surface area contributed by atoms with Gasteiger partial charge in [0, 0.05) is 24.8 Å². The Kier molecular flexibility index (Phi) is 6.96. The van der Waals surface area contributed by atoms with Crippen molar-refractivity contribution in [2.75, 3.05) is 32.5 Å². The summed E-state index contributed by atoms with van der Waals surface area (Å²) < 4.78 is 26.2. The van der Waals surface area contributed by atoms with Crippen LogP contribution in [0, 0.1) is 0 Å². The number of likely N-dealkylation sites (N-methyl/N-ethyl adjacent to an activating group) is 1. The van der Waals surface area contributed by atoms with E-state index in [2.05, 4.69) is 10.6 Å². The Hall–Kier alpha value is -1.97. The normalized spacial score (nSPS) is 14.6. The molecule has 1 fully saturated rings. The Morgan fingerprint density at radius 3 is 2.15 bits per heavy atom. The van der Waals surface area contributed by atoms with Crippen molar-refractivity contribution >= 4 is 27.5 Å². The topological polar surface area (TPSA) is 98.8 Å². The molecule has 150 valence electrons. The molecule has 1 aliphatic rings. The third-order valence-corrected chi connectivity index (χ3v) is 6.36. The average molecular weight is 397 g/mol. The van der Waals surface area contributed by atoms with Crippen LogP contribution < -0.4 is 10.6 Å². The van der Waals surface area contributed by atoms with E-state index in [0.29, 0.717) is 11.7 Å². The average Bonchev–Trinajstić information content (AvgIpc) is 3.37. The summed E-state index contributed by atoms with van der Waals surface area (Å²) in [6, 6.07) is 6.19. The molecule has 0 bridgehead atoms. The monoisotopic (exact) mass is 396 g/mol. The van der Waals surface area contributed by atoms with Gasteiger partial charge in [-0.1, -0.05) is 0 Å². The summed E-state index contributed by atoms with van der Waals surface area (Å²) in [5.41, 5.74) is 0.502. The van der Waals surface area contributed by atoms with Crippen molar-refractivity contribution in [3.63, 3.8) is 0 Å². The zero-order valence-electron chi connectivity index (χ0n) is 16.2. The van der Waals surface area contributed by atoms with Crippen LogP contribution in [0.15, 0.2) is 29.2 Å². The van der Waals surface area contributed by atoms with Gasteiger partial charge in [0.05, 0.1) is 18.0 Å².